The molecule has 0 aliphatic rings. The minimum Gasteiger partial charge on any atom is -0.376 e. The van der Waals surface area contributed by atoms with Crippen molar-refractivity contribution in [3.8, 4) is 0 Å². The van der Waals surface area contributed by atoms with E-state index in [1.54, 1.807) is 12.1 Å². The first-order valence-electron chi connectivity index (χ1n) is 7.21. The Morgan fingerprint density at radius 3 is 2.52 bits per heavy atom. The fraction of sp³-hybridized carbons (Fsp3) is 0.235. The van der Waals surface area contributed by atoms with Crippen LogP contribution in [0.25, 0.3) is 0 Å². The Morgan fingerprint density at radius 2 is 1.83 bits per heavy atom. The molecule has 0 atom stereocenters. The van der Waals surface area contributed by atoms with Crippen molar-refractivity contribution in [3.05, 3.63) is 59.7 Å². The Kier molecular flexibility index (Phi) is 5.39. The van der Waals surface area contributed by atoms with E-state index in [1.165, 1.54) is 12.1 Å². The van der Waals surface area contributed by atoms with Gasteiger partial charge >= 0.3 is 0 Å². The van der Waals surface area contributed by atoms with Crippen molar-refractivity contribution in [2.24, 2.45) is 0 Å². The first-order valence-corrected chi connectivity index (χ1v) is 9.10. The highest BCUT2D eigenvalue weighted by Crippen LogP contribution is 2.14. The molecule has 0 saturated carbocycles. The molecular formula is C17H20N2O3S. The predicted molar refractivity (Wildman–Crippen MR) is 91.1 cm³/mol. The number of hydrogen-bond acceptors (Lipinski definition) is 4. The van der Waals surface area contributed by atoms with Crippen LogP contribution in [0.4, 0.5) is 5.69 Å². The van der Waals surface area contributed by atoms with E-state index in [2.05, 4.69) is 10.6 Å². The zero-order chi connectivity index (χ0) is 16.9. The predicted octanol–water partition coefficient (Wildman–Crippen LogP) is 2.13. The third kappa shape index (κ3) is 5.10. The van der Waals surface area contributed by atoms with E-state index in [4.69, 9.17) is 0 Å². The molecule has 0 unspecified atom stereocenters. The maximum Gasteiger partial charge on any atom is 0.239 e. The first-order chi connectivity index (χ1) is 10.9. The molecule has 0 aromatic heterocycles. The second kappa shape index (κ2) is 7.28. The molecule has 2 rings (SSSR count). The van der Waals surface area contributed by atoms with E-state index in [0.29, 0.717) is 12.2 Å². The molecule has 0 fully saturated rings. The average Bonchev–Trinajstić information content (AvgIpc) is 2.51. The van der Waals surface area contributed by atoms with Crippen LogP contribution in [0, 0.1) is 6.92 Å². The lowest BCUT2D eigenvalue weighted by molar-refractivity contribution is -0.119. The number of nitrogens with one attached hydrogen (secondary N) is 2. The minimum atomic E-state index is -3.26. The Morgan fingerprint density at radius 1 is 1.09 bits per heavy atom. The van der Waals surface area contributed by atoms with Crippen LogP contribution in [0.1, 0.15) is 11.1 Å². The lowest BCUT2D eigenvalue weighted by Crippen LogP contribution is -2.29. The zero-order valence-corrected chi connectivity index (χ0v) is 14.0. The van der Waals surface area contributed by atoms with Crippen molar-refractivity contribution in [1.29, 1.82) is 0 Å². The van der Waals surface area contributed by atoms with E-state index < -0.39 is 9.84 Å². The van der Waals surface area contributed by atoms with Crippen LogP contribution in [0.2, 0.25) is 0 Å². The van der Waals surface area contributed by atoms with Crippen LogP contribution in [-0.4, -0.2) is 27.1 Å². The number of aryl methyl sites for hydroxylation is 1. The highest BCUT2D eigenvalue weighted by atomic mass is 32.2. The van der Waals surface area contributed by atoms with Gasteiger partial charge < -0.3 is 10.6 Å². The summed E-state index contributed by atoms with van der Waals surface area (Å²) in [5.74, 6) is -0.155. The molecule has 0 heterocycles. The summed E-state index contributed by atoms with van der Waals surface area (Å²) in [7, 11) is -3.26. The van der Waals surface area contributed by atoms with Gasteiger partial charge in [0, 0.05) is 18.5 Å². The topological polar surface area (TPSA) is 75.3 Å². The van der Waals surface area contributed by atoms with Gasteiger partial charge in [0.05, 0.1) is 11.4 Å². The van der Waals surface area contributed by atoms with Gasteiger partial charge in [0.15, 0.2) is 9.84 Å². The third-order valence-corrected chi connectivity index (χ3v) is 4.56. The van der Waals surface area contributed by atoms with Gasteiger partial charge in [-0.1, -0.05) is 30.3 Å². The molecule has 0 aliphatic carbocycles. The summed E-state index contributed by atoms with van der Waals surface area (Å²) >= 11 is 0. The molecule has 0 aliphatic heterocycles. The van der Waals surface area contributed by atoms with Gasteiger partial charge in [-0.15, -0.1) is 0 Å². The normalized spacial score (nSPS) is 11.0. The molecule has 23 heavy (non-hydrogen) atoms. The maximum absolute atomic E-state index is 11.9. The largest absolute Gasteiger partial charge is 0.376 e. The molecular weight excluding hydrogens is 312 g/mol. The maximum atomic E-state index is 11.9. The number of amides is 1. The molecule has 2 aromatic rings. The quantitative estimate of drug-likeness (QED) is 0.850. The molecule has 0 radical (unpaired) electrons. The summed E-state index contributed by atoms with van der Waals surface area (Å²) < 4.78 is 23.0. The summed E-state index contributed by atoms with van der Waals surface area (Å²) in [6, 6.07) is 14.3. The Labute approximate surface area is 136 Å². The first kappa shape index (κ1) is 17.0. The summed E-state index contributed by atoms with van der Waals surface area (Å²) in [5.41, 5.74) is 2.79. The Hall–Kier alpha value is -2.34. The highest BCUT2D eigenvalue weighted by Gasteiger charge is 2.08. The number of carbonyl (C=O) groups excluding carboxylic acids is 1. The molecule has 0 spiro atoms. The van der Waals surface area contributed by atoms with E-state index >= 15 is 0 Å². The van der Waals surface area contributed by atoms with E-state index in [-0.39, 0.29) is 17.3 Å². The van der Waals surface area contributed by atoms with Crippen molar-refractivity contribution < 1.29 is 13.2 Å². The smallest absolute Gasteiger partial charge is 0.239 e. The van der Waals surface area contributed by atoms with Gasteiger partial charge in [-0.05, 0) is 36.2 Å². The van der Waals surface area contributed by atoms with E-state index in [0.717, 1.165) is 17.4 Å². The standard InChI is InChI=1S/C17H20N2O3S/c1-13-6-3-4-7-14(13)11-19-17(20)12-18-15-8-5-9-16(10-15)23(2,21)22/h3-10,18H,11-12H2,1-2H3,(H,19,20). The summed E-state index contributed by atoms with van der Waals surface area (Å²) in [5, 5.41) is 5.77. The lowest BCUT2D eigenvalue weighted by atomic mass is 10.1. The van der Waals surface area contributed by atoms with Gasteiger partial charge in [-0.3, -0.25) is 4.79 Å². The summed E-state index contributed by atoms with van der Waals surface area (Å²) in [4.78, 5) is 12.1. The second-order valence-corrected chi connectivity index (χ2v) is 7.37. The van der Waals surface area contributed by atoms with Crippen LogP contribution in [-0.2, 0) is 21.2 Å². The molecule has 0 saturated heterocycles. The SMILES string of the molecule is Cc1ccccc1CNC(=O)CNc1cccc(S(C)(=O)=O)c1. The van der Waals surface area contributed by atoms with Crippen molar-refractivity contribution in [2.45, 2.75) is 18.4 Å². The molecule has 6 heteroatoms. The second-order valence-electron chi connectivity index (χ2n) is 5.36. The molecule has 1 amide bonds. The number of hydrogen-bond donors (Lipinski definition) is 2. The number of benzene rings is 2. The van der Waals surface area contributed by atoms with Crippen LogP contribution in [0.3, 0.4) is 0 Å². The minimum absolute atomic E-state index is 0.0824. The molecule has 0 bridgehead atoms. The number of rotatable bonds is 6. The molecule has 2 aromatic carbocycles. The van der Waals surface area contributed by atoms with Crippen molar-refractivity contribution >= 4 is 21.4 Å². The van der Waals surface area contributed by atoms with Gasteiger partial charge in [0.1, 0.15) is 0 Å². The summed E-state index contributed by atoms with van der Waals surface area (Å²) in [6.45, 7) is 2.55. The fourth-order valence-electron chi connectivity index (χ4n) is 2.08. The summed E-state index contributed by atoms with van der Waals surface area (Å²) in [6.07, 6.45) is 1.15. The van der Waals surface area contributed by atoms with Crippen LogP contribution in [0.5, 0.6) is 0 Å². The number of anilines is 1. The Bertz CT molecular complexity index is 801. The lowest BCUT2D eigenvalue weighted by Gasteiger charge is -2.10. The fourth-order valence-corrected chi connectivity index (χ4v) is 2.75. The van der Waals surface area contributed by atoms with E-state index in [9.17, 15) is 13.2 Å². The Balaban J connectivity index is 1.89. The third-order valence-electron chi connectivity index (χ3n) is 3.45. The number of sulfone groups is 1. The molecule has 2 N–H and O–H groups in total. The average molecular weight is 332 g/mol. The molecule has 122 valence electrons. The van der Waals surface area contributed by atoms with Gasteiger partial charge in [0.25, 0.3) is 0 Å². The van der Waals surface area contributed by atoms with Crippen molar-refractivity contribution in [1.82, 2.24) is 5.32 Å². The monoisotopic (exact) mass is 332 g/mol. The zero-order valence-electron chi connectivity index (χ0n) is 13.2. The van der Waals surface area contributed by atoms with Gasteiger partial charge in [-0.25, -0.2) is 8.42 Å². The van der Waals surface area contributed by atoms with Crippen LogP contribution in [0.15, 0.2) is 53.4 Å². The highest BCUT2D eigenvalue weighted by molar-refractivity contribution is 7.90. The number of carbonyl (C=O) groups is 1. The van der Waals surface area contributed by atoms with E-state index in [1.807, 2.05) is 31.2 Å². The van der Waals surface area contributed by atoms with Crippen molar-refractivity contribution in [3.63, 3.8) is 0 Å². The van der Waals surface area contributed by atoms with Crippen LogP contribution < -0.4 is 10.6 Å². The van der Waals surface area contributed by atoms with Crippen molar-refractivity contribution in [2.75, 3.05) is 18.1 Å². The van der Waals surface area contributed by atoms with Gasteiger partial charge in [0.2, 0.25) is 5.91 Å². The van der Waals surface area contributed by atoms with Crippen LogP contribution >= 0.6 is 0 Å². The van der Waals surface area contributed by atoms with Gasteiger partial charge in [-0.2, -0.15) is 0 Å². The molecule has 5 nitrogen and oxygen atoms in total.